The highest BCUT2D eigenvalue weighted by Crippen LogP contribution is 2.28. The zero-order valence-electron chi connectivity index (χ0n) is 11.0. The zero-order valence-corrected chi connectivity index (χ0v) is 12.5. The molecule has 0 aliphatic carbocycles. The van der Waals surface area contributed by atoms with E-state index < -0.39 is 0 Å². The summed E-state index contributed by atoms with van der Waals surface area (Å²) in [6.45, 7) is 4.09. The number of fused-ring (bicyclic) bond motifs is 1. The summed E-state index contributed by atoms with van der Waals surface area (Å²) < 4.78 is 0. The molecule has 19 heavy (non-hydrogen) atoms. The minimum Gasteiger partial charge on any atom is -0.352 e. The van der Waals surface area contributed by atoms with Crippen LogP contribution in [0.3, 0.4) is 0 Å². The first-order valence-corrected chi connectivity index (χ1v) is 7.14. The largest absolute Gasteiger partial charge is 0.352 e. The van der Waals surface area contributed by atoms with Crippen LogP contribution in [0.4, 0.5) is 5.82 Å². The SMILES string of the molecule is CC(C)NC(=O)CN(C)c1nc(Cl)nc2sccc12. The Balaban J connectivity index is 2.23. The van der Waals surface area contributed by atoms with Crippen LogP contribution in [0.2, 0.25) is 5.28 Å². The van der Waals surface area contributed by atoms with Gasteiger partial charge >= 0.3 is 0 Å². The monoisotopic (exact) mass is 298 g/mol. The highest BCUT2D eigenvalue weighted by atomic mass is 35.5. The van der Waals surface area contributed by atoms with Crippen LogP contribution in [-0.2, 0) is 4.79 Å². The maximum Gasteiger partial charge on any atom is 0.239 e. The standard InChI is InChI=1S/C12H15ClN4OS/c1-7(2)14-9(18)6-17(3)10-8-4-5-19-11(8)16-12(13)15-10/h4-5,7H,6H2,1-3H3,(H,14,18). The van der Waals surface area contributed by atoms with E-state index in [1.807, 2.05) is 32.3 Å². The van der Waals surface area contributed by atoms with Crippen molar-refractivity contribution in [2.24, 2.45) is 0 Å². The van der Waals surface area contributed by atoms with E-state index in [1.165, 1.54) is 11.3 Å². The van der Waals surface area contributed by atoms with Crippen LogP contribution in [0.1, 0.15) is 13.8 Å². The number of likely N-dealkylation sites (N-methyl/N-ethyl adjacent to an activating group) is 1. The summed E-state index contributed by atoms with van der Waals surface area (Å²) in [5.41, 5.74) is 0. The number of thiophene rings is 1. The Hall–Kier alpha value is -1.40. The first-order chi connectivity index (χ1) is 8.97. The fourth-order valence-corrected chi connectivity index (χ4v) is 2.74. The molecule has 102 valence electrons. The zero-order chi connectivity index (χ0) is 14.0. The molecule has 0 aliphatic rings. The Kier molecular flexibility index (Phi) is 4.21. The molecule has 1 amide bonds. The third kappa shape index (κ3) is 3.33. The maximum absolute atomic E-state index is 11.8. The molecule has 0 aromatic carbocycles. The van der Waals surface area contributed by atoms with E-state index in [-0.39, 0.29) is 23.8 Å². The van der Waals surface area contributed by atoms with Gasteiger partial charge in [0, 0.05) is 13.1 Å². The molecule has 0 aliphatic heterocycles. The molecule has 0 radical (unpaired) electrons. The lowest BCUT2D eigenvalue weighted by molar-refractivity contribution is -0.120. The van der Waals surface area contributed by atoms with Crippen LogP contribution in [0.25, 0.3) is 10.2 Å². The van der Waals surface area contributed by atoms with E-state index in [0.29, 0.717) is 5.82 Å². The third-order valence-corrected chi connectivity index (χ3v) is 3.45. The number of hydrogen-bond acceptors (Lipinski definition) is 5. The maximum atomic E-state index is 11.8. The van der Waals surface area contributed by atoms with Gasteiger partial charge in [0.2, 0.25) is 11.2 Å². The molecule has 0 fully saturated rings. The first kappa shape index (κ1) is 14.0. The summed E-state index contributed by atoms with van der Waals surface area (Å²) >= 11 is 7.40. The number of nitrogens with one attached hydrogen (secondary N) is 1. The Morgan fingerprint density at radius 1 is 1.53 bits per heavy atom. The molecule has 2 rings (SSSR count). The van der Waals surface area contributed by atoms with Crippen molar-refractivity contribution in [3.63, 3.8) is 0 Å². The summed E-state index contributed by atoms with van der Waals surface area (Å²) in [4.78, 5) is 22.7. The topological polar surface area (TPSA) is 58.1 Å². The number of nitrogens with zero attached hydrogens (tertiary/aromatic N) is 3. The third-order valence-electron chi connectivity index (χ3n) is 2.47. The molecule has 0 saturated heterocycles. The fourth-order valence-electron chi connectivity index (χ4n) is 1.76. The molecule has 7 heteroatoms. The lowest BCUT2D eigenvalue weighted by Crippen LogP contribution is -2.38. The van der Waals surface area contributed by atoms with Crippen molar-refractivity contribution in [3.05, 3.63) is 16.7 Å². The summed E-state index contributed by atoms with van der Waals surface area (Å²) in [5, 5.41) is 5.88. The molecule has 0 spiro atoms. The molecule has 2 aromatic rings. The average molecular weight is 299 g/mol. The lowest BCUT2D eigenvalue weighted by atomic mass is 10.3. The van der Waals surface area contributed by atoms with Gasteiger partial charge in [0.05, 0.1) is 11.9 Å². The Labute approximate surface area is 120 Å². The molecule has 0 bridgehead atoms. The van der Waals surface area contributed by atoms with Gasteiger partial charge < -0.3 is 10.2 Å². The van der Waals surface area contributed by atoms with Gasteiger partial charge in [0.1, 0.15) is 10.6 Å². The number of carbonyl (C=O) groups is 1. The fraction of sp³-hybridized carbons (Fsp3) is 0.417. The van der Waals surface area contributed by atoms with Gasteiger partial charge in [-0.25, -0.2) is 4.98 Å². The number of hydrogen-bond donors (Lipinski definition) is 1. The second-order valence-electron chi connectivity index (χ2n) is 4.53. The smallest absolute Gasteiger partial charge is 0.239 e. The summed E-state index contributed by atoms with van der Waals surface area (Å²) in [6, 6.07) is 2.05. The van der Waals surface area contributed by atoms with Gasteiger partial charge in [-0.1, -0.05) is 0 Å². The number of rotatable bonds is 4. The van der Waals surface area contributed by atoms with Crippen molar-refractivity contribution in [2.45, 2.75) is 19.9 Å². The van der Waals surface area contributed by atoms with Crippen LogP contribution >= 0.6 is 22.9 Å². The van der Waals surface area contributed by atoms with Crippen LogP contribution in [-0.4, -0.2) is 35.5 Å². The van der Waals surface area contributed by atoms with E-state index in [1.54, 1.807) is 4.90 Å². The Morgan fingerprint density at radius 2 is 2.26 bits per heavy atom. The molecule has 2 heterocycles. The van der Waals surface area contributed by atoms with Crippen molar-refractivity contribution in [1.82, 2.24) is 15.3 Å². The van der Waals surface area contributed by atoms with Crippen molar-refractivity contribution < 1.29 is 4.79 Å². The van der Waals surface area contributed by atoms with E-state index in [2.05, 4.69) is 15.3 Å². The molecule has 1 N–H and O–H groups in total. The van der Waals surface area contributed by atoms with Crippen molar-refractivity contribution >= 4 is 44.9 Å². The molecular formula is C12H15ClN4OS. The minimum absolute atomic E-state index is 0.0457. The van der Waals surface area contributed by atoms with Crippen LogP contribution in [0.15, 0.2) is 11.4 Å². The second-order valence-corrected chi connectivity index (χ2v) is 5.77. The van der Waals surface area contributed by atoms with Gasteiger partial charge in [-0.15, -0.1) is 11.3 Å². The molecular weight excluding hydrogens is 284 g/mol. The number of halogens is 1. The average Bonchev–Trinajstić information content (AvgIpc) is 2.73. The molecule has 0 saturated carbocycles. The number of amides is 1. The van der Waals surface area contributed by atoms with Crippen molar-refractivity contribution in [3.8, 4) is 0 Å². The highest BCUT2D eigenvalue weighted by Gasteiger charge is 2.14. The van der Waals surface area contributed by atoms with E-state index >= 15 is 0 Å². The van der Waals surface area contributed by atoms with Crippen LogP contribution in [0, 0.1) is 0 Å². The summed E-state index contributed by atoms with van der Waals surface area (Å²) in [6.07, 6.45) is 0. The van der Waals surface area contributed by atoms with Crippen LogP contribution in [0.5, 0.6) is 0 Å². The molecule has 0 atom stereocenters. The van der Waals surface area contributed by atoms with Crippen molar-refractivity contribution in [2.75, 3.05) is 18.5 Å². The molecule has 0 unspecified atom stereocenters. The lowest BCUT2D eigenvalue weighted by Gasteiger charge is -2.19. The van der Waals surface area contributed by atoms with Crippen LogP contribution < -0.4 is 10.2 Å². The quantitative estimate of drug-likeness (QED) is 0.880. The minimum atomic E-state index is -0.0457. The Morgan fingerprint density at radius 3 is 2.95 bits per heavy atom. The van der Waals surface area contributed by atoms with Crippen molar-refractivity contribution in [1.29, 1.82) is 0 Å². The second kappa shape index (κ2) is 5.71. The van der Waals surface area contributed by atoms with Gasteiger partial charge in [-0.05, 0) is 36.9 Å². The summed E-state index contributed by atoms with van der Waals surface area (Å²) in [7, 11) is 1.82. The predicted molar refractivity (Wildman–Crippen MR) is 79.0 cm³/mol. The summed E-state index contributed by atoms with van der Waals surface area (Å²) in [5.74, 6) is 0.630. The number of anilines is 1. The normalized spacial score (nSPS) is 11.0. The Bertz CT molecular complexity index is 598. The van der Waals surface area contributed by atoms with Gasteiger partial charge in [-0.3, -0.25) is 4.79 Å². The highest BCUT2D eigenvalue weighted by molar-refractivity contribution is 7.16. The van der Waals surface area contributed by atoms with Gasteiger partial charge in [-0.2, -0.15) is 4.98 Å². The van der Waals surface area contributed by atoms with Gasteiger partial charge in [0.25, 0.3) is 0 Å². The van der Waals surface area contributed by atoms with E-state index in [4.69, 9.17) is 11.6 Å². The molecule has 5 nitrogen and oxygen atoms in total. The predicted octanol–water partition coefficient (Wildman–Crippen LogP) is 2.31. The van der Waals surface area contributed by atoms with Gasteiger partial charge in [0.15, 0.2) is 0 Å². The van der Waals surface area contributed by atoms with E-state index in [9.17, 15) is 4.79 Å². The number of aromatic nitrogens is 2. The molecule has 2 aromatic heterocycles. The number of carbonyl (C=O) groups excluding carboxylic acids is 1. The van der Waals surface area contributed by atoms with E-state index in [0.717, 1.165) is 10.2 Å². The first-order valence-electron chi connectivity index (χ1n) is 5.88.